The number of nitrogens with zero attached hydrogens (tertiary/aromatic N) is 3. The molecule has 0 saturated carbocycles. The third kappa shape index (κ3) is 3.96. The first-order valence-corrected chi connectivity index (χ1v) is 6.20. The Balaban J connectivity index is 2.27. The molecule has 0 atom stereocenters. The van der Waals surface area contributed by atoms with Crippen molar-refractivity contribution in [1.82, 2.24) is 15.0 Å². The Morgan fingerprint density at radius 1 is 1.19 bits per heavy atom. The molecule has 2 aromatic rings. The molecule has 0 aliphatic rings. The summed E-state index contributed by atoms with van der Waals surface area (Å²) >= 11 is 0. The Labute approximate surface area is 119 Å². The van der Waals surface area contributed by atoms with Crippen LogP contribution in [0.15, 0.2) is 18.2 Å². The molecule has 1 aromatic carbocycles. The summed E-state index contributed by atoms with van der Waals surface area (Å²) in [5.74, 6) is 4.03. The van der Waals surface area contributed by atoms with Gasteiger partial charge in [0.2, 0.25) is 11.9 Å². The van der Waals surface area contributed by atoms with Gasteiger partial charge < -0.3 is 10.1 Å². The van der Waals surface area contributed by atoms with E-state index in [0.717, 1.165) is 24.6 Å². The van der Waals surface area contributed by atoms with Gasteiger partial charge in [-0.15, -0.1) is 0 Å². The third-order valence-corrected chi connectivity index (χ3v) is 2.35. The molecule has 4 N–H and O–H groups in total. The van der Waals surface area contributed by atoms with Crippen molar-refractivity contribution in [2.24, 2.45) is 5.84 Å². The highest BCUT2D eigenvalue weighted by molar-refractivity contribution is 5.55. The smallest absolute Gasteiger partial charge is 0.323 e. The van der Waals surface area contributed by atoms with E-state index in [2.05, 4.69) is 25.7 Å². The van der Waals surface area contributed by atoms with E-state index >= 15 is 0 Å². The Hall–Kier alpha value is -2.55. The van der Waals surface area contributed by atoms with Crippen LogP contribution in [0.2, 0.25) is 0 Å². The third-order valence-electron chi connectivity index (χ3n) is 2.35. The second kappa shape index (κ2) is 6.75. The van der Waals surface area contributed by atoms with Gasteiger partial charge in [-0.25, -0.2) is 14.6 Å². The van der Waals surface area contributed by atoms with E-state index in [0.29, 0.717) is 6.61 Å². The molecule has 1 heterocycles. The van der Waals surface area contributed by atoms with Gasteiger partial charge in [0.1, 0.15) is 11.6 Å². The number of hydrazine groups is 1. The molecule has 0 radical (unpaired) electrons. The number of aromatic nitrogens is 3. The van der Waals surface area contributed by atoms with E-state index in [4.69, 9.17) is 10.6 Å². The molecule has 0 amide bonds. The number of rotatable bonds is 6. The molecule has 0 saturated heterocycles. The molecule has 21 heavy (non-hydrogen) atoms. The normalized spacial score (nSPS) is 10.3. The quantitative estimate of drug-likeness (QED) is 0.553. The van der Waals surface area contributed by atoms with Crippen LogP contribution >= 0.6 is 0 Å². The predicted octanol–water partition coefficient (Wildman–Crippen LogP) is 1.97. The van der Waals surface area contributed by atoms with Gasteiger partial charge in [-0.1, -0.05) is 6.92 Å². The van der Waals surface area contributed by atoms with Crippen molar-refractivity contribution in [3.05, 3.63) is 29.8 Å². The summed E-state index contributed by atoms with van der Waals surface area (Å²) in [6, 6.07) is 3.02. The second-order valence-corrected chi connectivity index (χ2v) is 4.01. The van der Waals surface area contributed by atoms with Crippen molar-refractivity contribution in [3.8, 4) is 6.01 Å². The van der Waals surface area contributed by atoms with Crippen LogP contribution in [0.25, 0.3) is 0 Å². The molecule has 9 heteroatoms. The highest BCUT2D eigenvalue weighted by Gasteiger charge is 2.10. The van der Waals surface area contributed by atoms with Gasteiger partial charge in [0, 0.05) is 6.07 Å². The van der Waals surface area contributed by atoms with Crippen LogP contribution in [-0.4, -0.2) is 21.6 Å². The van der Waals surface area contributed by atoms with Gasteiger partial charge >= 0.3 is 6.01 Å². The predicted molar refractivity (Wildman–Crippen MR) is 73.1 cm³/mol. The van der Waals surface area contributed by atoms with E-state index in [1.165, 1.54) is 0 Å². The number of ether oxygens (including phenoxy) is 1. The van der Waals surface area contributed by atoms with Gasteiger partial charge in [-0.2, -0.15) is 15.0 Å². The van der Waals surface area contributed by atoms with Gasteiger partial charge in [0.05, 0.1) is 12.3 Å². The maximum absolute atomic E-state index is 13.6. The highest BCUT2D eigenvalue weighted by Crippen LogP contribution is 2.20. The summed E-state index contributed by atoms with van der Waals surface area (Å²) in [4.78, 5) is 11.7. The number of hydrogen-bond donors (Lipinski definition) is 3. The SMILES string of the molecule is CCCOc1nc(NN)nc(Nc2cc(F)ccc2F)n1. The lowest BCUT2D eigenvalue weighted by atomic mass is 10.3. The van der Waals surface area contributed by atoms with Crippen LogP contribution in [0.5, 0.6) is 6.01 Å². The number of hydrogen-bond acceptors (Lipinski definition) is 7. The largest absolute Gasteiger partial charge is 0.463 e. The maximum Gasteiger partial charge on any atom is 0.323 e. The minimum atomic E-state index is -0.643. The standard InChI is InChI=1S/C12H14F2N6O/c1-2-5-21-12-18-10(17-11(19-12)20-15)16-9-6-7(13)3-4-8(9)14/h3-4,6H,2,5,15H2,1H3,(H2,16,17,18,19,20). The lowest BCUT2D eigenvalue weighted by Crippen LogP contribution is -2.14. The zero-order valence-corrected chi connectivity index (χ0v) is 11.2. The van der Waals surface area contributed by atoms with Crippen molar-refractivity contribution >= 4 is 17.6 Å². The lowest BCUT2D eigenvalue weighted by Gasteiger charge is -2.09. The first kappa shape index (κ1) is 14.9. The molecule has 7 nitrogen and oxygen atoms in total. The number of nitrogens with one attached hydrogen (secondary N) is 2. The summed E-state index contributed by atoms with van der Waals surface area (Å²) in [5.41, 5.74) is 2.14. The fraction of sp³-hybridized carbons (Fsp3) is 0.250. The molecule has 0 aliphatic carbocycles. The zero-order chi connectivity index (χ0) is 15.2. The summed E-state index contributed by atoms with van der Waals surface area (Å²) in [7, 11) is 0. The van der Waals surface area contributed by atoms with Crippen molar-refractivity contribution in [2.75, 3.05) is 17.3 Å². The number of nitrogens with two attached hydrogens (primary N) is 1. The summed E-state index contributed by atoms with van der Waals surface area (Å²) < 4.78 is 32.0. The Bertz CT molecular complexity index is 625. The minimum Gasteiger partial charge on any atom is -0.463 e. The molecular weight excluding hydrogens is 282 g/mol. The average molecular weight is 296 g/mol. The zero-order valence-electron chi connectivity index (χ0n) is 11.2. The molecule has 0 unspecified atom stereocenters. The Morgan fingerprint density at radius 2 is 1.95 bits per heavy atom. The van der Waals surface area contributed by atoms with E-state index in [9.17, 15) is 8.78 Å². The molecule has 0 fully saturated rings. The van der Waals surface area contributed by atoms with E-state index in [1.807, 2.05) is 6.92 Å². The summed E-state index contributed by atoms with van der Waals surface area (Å²) in [5, 5.41) is 2.55. The van der Waals surface area contributed by atoms with Gasteiger partial charge in [0.15, 0.2) is 0 Å². The van der Waals surface area contributed by atoms with Crippen LogP contribution in [-0.2, 0) is 0 Å². The summed E-state index contributed by atoms with van der Waals surface area (Å²) in [6.45, 7) is 2.33. The topological polar surface area (TPSA) is 98.0 Å². The van der Waals surface area contributed by atoms with Gasteiger partial charge in [-0.05, 0) is 18.6 Å². The van der Waals surface area contributed by atoms with Gasteiger partial charge in [-0.3, -0.25) is 5.43 Å². The van der Waals surface area contributed by atoms with Crippen molar-refractivity contribution in [2.45, 2.75) is 13.3 Å². The minimum absolute atomic E-state index is 0.0199. The fourth-order valence-corrected chi connectivity index (χ4v) is 1.45. The van der Waals surface area contributed by atoms with Crippen molar-refractivity contribution in [1.29, 1.82) is 0 Å². The monoisotopic (exact) mass is 296 g/mol. The van der Waals surface area contributed by atoms with Crippen molar-refractivity contribution in [3.63, 3.8) is 0 Å². The number of nitrogen functional groups attached to an aromatic ring is 1. The fourth-order valence-electron chi connectivity index (χ4n) is 1.45. The van der Waals surface area contributed by atoms with E-state index in [1.54, 1.807) is 0 Å². The molecule has 112 valence electrons. The summed E-state index contributed by atoms with van der Waals surface area (Å²) in [6.07, 6.45) is 0.762. The van der Waals surface area contributed by atoms with E-state index < -0.39 is 11.6 Å². The van der Waals surface area contributed by atoms with E-state index in [-0.39, 0.29) is 23.6 Å². The Kier molecular flexibility index (Phi) is 4.77. The van der Waals surface area contributed by atoms with Crippen LogP contribution in [0, 0.1) is 11.6 Å². The van der Waals surface area contributed by atoms with Crippen LogP contribution < -0.4 is 21.3 Å². The number of benzene rings is 1. The number of halogens is 2. The molecule has 0 bridgehead atoms. The number of anilines is 3. The first-order chi connectivity index (χ1) is 10.1. The van der Waals surface area contributed by atoms with Crippen LogP contribution in [0.4, 0.5) is 26.4 Å². The molecule has 0 spiro atoms. The molecule has 0 aliphatic heterocycles. The second-order valence-electron chi connectivity index (χ2n) is 4.01. The highest BCUT2D eigenvalue weighted by atomic mass is 19.1. The first-order valence-electron chi connectivity index (χ1n) is 6.20. The molecule has 2 rings (SSSR count). The molecular formula is C12H14F2N6O. The molecule has 1 aromatic heterocycles. The lowest BCUT2D eigenvalue weighted by molar-refractivity contribution is 0.292. The van der Waals surface area contributed by atoms with Crippen LogP contribution in [0.3, 0.4) is 0 Å². The Morgan fingerprint density at radius 3 is 2.67 bits per heavy atom. The maximum atomic E-state index is 13.6. The van der Waals surface area contributed by atoms with Crippen molar-refractivity contribution < 1.29 is 13.5 Å². The van der Waals surface area contributed by atoms with Gasteiger partial charge in [0.25, 0.3) is 0 Å². The van der Waals surface area contributed by atoms with Crippen LogP contribution in [0.1, 0.15) is 13.3 Å². The average Bonchev–Trinajstić information content (AvgIpc) is 2.48.